The summed E-state index contributed by atoms with van der Waals surface area (Å²) < 4.78 is 78.2. The number of nitriles is 1. The molecule has 8 nitrogen and oxygen atoms in total. The molecular formula is C24H27F6N5O3. The van der Waals surface area contributed by atoms with E-state index < -0.39 is 70.5 Å². The highest BCUT2D eigenvalue weighted by molar-refractivity contribution is 5.95. The Hall–Kier alpha value is -3.37. The topological polar surface area (TPSA) is 115 Å². The monoisotopic (exact) mass is 547 g/mol. The van der Waals surface area contributed by atoms with Crippen LogP contribution in [0.15, 0.2) is 18.5 Å². The van der Waals surface area contributed by atoms with E-state index in [4.69, 9.17) is 0 Å². The Kier molecular flexibility index (Phi) is 7.24. The molecule has 1 saturated heterocycles. The molecule has 5 atom stereocenters. The zero-order chi connectivity index (χ0) is 29.0. The molecule has 0 bridgehead atoms. The fourth-order valence-corrected chi connectivity index (χ4v) is 5.03. The number of likely N-dealkylation sites (tertiary alicyclic amines) is 1. The lowest BCUT2D eigenvalue weighted by molar-refractivity contribution is -0.176. The van der Waals surface area contributed by atoms with Crippen LogP contribution in [0.3, 0.4) is 0 Å². The van der Waals surface area contributed by atoms with Gasteiger partial charge in [0, 0.05) is 24.5 Å². The summed E-state index contributed by atoms with van der Waals surface area (Å²) in [7, 11) is 0. The van der Waals surface area contributed by atoms with Crippen molar-refractivity contribution in [3.8, 4) is 6.07 Å². The van der Waals surface area contributed by atoms with E-state index in [1.807, 2.05) is 13.8 Å². The number of nitrogens with zero attached hydrogens (tertiary/aromatic N) is 3. The molecule has 2 heterocycles. The number of fused-ring (bicyclic) bond motifs is 1. The second-order valence-electron chi connectivity index (χ2n) is 11.2. The fraction of sp³-hybridized carbons (Fsp3) is 0.625. The average molecular weight is 548 g/mol. The third-order valence-corrected chi connectivity index (χ3v) is 7.24. The largest absolute Gasteiger partial charge is 0.471 e. The summed E-state index contributed by atoms with van der Waals surface area (Å²) in [5.74, 6) is -4.66. The van der Waals surface area contributed by atoms with Crippen LogP contribution < -0.4 is 10.6 Å². The molecule has 1 aromatic heterocycles. The van der Waals surface area contributed by atoms with Gasteiger partial charge in [-0.05, 0) is 28.7 Å². The number of amides is 3. The van der Waals surface area contributed by atoms with Gasteiger partial charge in [0.1, 0.15) is 18.1 Å². The van der Waals surface area contributed by atoms with Crippen LogP contribution in [-0.2, 0) is 20.6 Å². The molecule has 2 N–H and O–H groups in total. The van der Waals surface area contributed by atoms with Crippen molar-refractivity contribution in [3.05, 3.63) is 29.6 Å². The summed E-state index contributed by atoms with van der Waals surface area (Å²) in [6.07, 6.45) is -8.42. The predicted molar refractivity (Wildman–Crippen MR) is 119 cm³/mol. The minimum absolute atomic E-state index is 0.0192. The van der Waals surface area contributed by atoms with Gasteiger partial charge in [0.2, 0.25) is 11.8 Å². The second-order valence-corrected chi connectivity index (χ2v) is 11.2. The van der Waals surface area contributed by atoms with Gasteiger partial charge in [-0.2, -0.15) is 31.6 Å². The summed E-state index contributed by atoms with van der Waals surface area (Å²) in [6, 6.07) is -2.01. The second kappa shape index (κ2) is 9.43. The number of nitrogens with one attached hydrogen (secondary N) is 2. The van der Waals surface area contributed by atoms with E-state index in [0.717, 1.165) is 11.1 Å². The molecule has 38 heavy (non-hydrogen) atoms. The SMILES string of the molecule is CC(C)(C)C(NC(=O)C(F)(F)F)C(=O)N1C[C@H]2[C@@H]([C@H]1C(=O)NC(C#N)c1cncc(C(F)(F)F)c1)C2(C)C. The first-order valence-corrected chi connectivity index (χ1v) is 11.6. The molecule has 1 aliphatic carbocycles. The number of carbonyl (C=O) groups is 3. The van der Waals surface area contributed by atoms with Gasteiger partial charge in [0.05, 0.1) is 11.6 Å². The number of halogens is 6. The number of alkyl halides is 6. The van der Waals surface area contributed by atoms with Crippen molar-refractivity contribution in [2.24, 2.45) is 22.7 Å². The molecule has 2 fully saturated rings. The first-order valence-electron chi connectivity index (χ1n) is 11.6. The third-order valence-electron chi connectivity index (χ3n) is 7.24. The Morgan fingerprint density at radius 2 is 1.71 bits per heavy atom. The van der Waals surface area contributed by atoms with E-state index in [1.54, 1.807) is 11.4 Å². The van der Waals surface area contributed by atoms with E-state index >= 15 is 0 Å². The van der Waals surface area contributed by atoms with Crippen LogP contribution in [0.25, 0.3) is 0 Å². The Morgan fingerprint density at radius 1 is 1.11 bits per heavy atom. The molecule has 3 amide bonds. The van der Waals surface area contributed by atoms with Crippen LogP contribution in [0.5, 0.6) is 0 Å². The van der Waals surface area contributed by atoms with Crippen LogP contribution in [0.2, 0.25) is 0 Å². The van der Waals surface area contributed by atoms with Crippen molar-refractivity contribution in [1.29, 1.82) is 5.26 Å². The molecule has 2 unspecified atom stereocenters. The molecule has 0 spiro atoms. The summed E-state index contributed by atoms with van der Waals surface area (Å²) in [5.41, 5.74) is -2.94. The smallest absolute Gasteiger partial charge is 0.336 e. The number of hydrogen-bond acceptors (Lipinski definition) is 5. The van der Waals surface area contributed by atoms with Gasteiger partial charge in [-0.1, -0.05) is 34.6 Å². The van der Waals surface area contributed by atoms with Crippen molar-refractivity contribution < 1.29 is 40.7 Å². The Morgan fingerprint density at radius 3 is 2.21 bits per heavy atom. The van der Waals surface area contributed by atoms with Gasteiger partial charge in [-0.3, -0.25) is 19.4 Å². The van der Waals surface area contributed by atoms with Crippen molar-refractivity contribution in [3.63, 3.8) is 0 Å². The van der Waals surface area contributed by atoms with E-state index in [-0.39, 0.29) is 18.0 Å². The lowest BCUT2D eigenvalue weighted by atomic mass is 9.85. The van der Waals surface area contributed by atoms with Crippen LogP contribution in [0.1, 0.15) is 51.8 Å². The van der Waals surface area contributed by atoms with Crippen molar-refractivity contribution in [1.82, 2.24) is 20.5 Å². The summed E-state index contributed by atoms with van der Waals surface area (Å²) in [5, 5.41) is 13.7. The van der Waals surface area contributed by atoms with Crippen LogP contribution in [0, 0.1) is 34.0 Å². The van der Waals surface area contributed by atoms with E-state index in [2.05, 4.69) is 10.3 Å². The Balaban J connectivity index is 1.90. The van der Waals surface area contributed by atoms with Crippen molar-refractivity contribution in [2.45, 2.75) is 65.1 Å². The standard InChI is InChI=1S/C24H27F6N5O3/c1-21(2,3)17(34-20(38)24(28,29)30)19(37)35-10-13-15(22(13,4)5)16(35)18(36)33-14(7-31)11-6-12(9-32-8-11)23(25,26)27/h6,8-9,13-17H,10H2,1-5H3,(H,33,36)(H,34,38)/t13-,14?,15-,16-,17?/m0/s1. The number of piperidine rings is 1. The molecule has 0 radical (unpaired) electrons. The maximum absolute atomic E-state index is 13.5. The zero-order valence-electron chi connectivity index (χ0n) is 21.2. The zero-order valence-corrected chi connectivity index (χ0v) is 21.2. The summed E-state index contributed by atoms with van der Waals surface area (Å²) in [6.45, 7) is 8.06. The highest BCUT2D eigenvalue weighted by atomic mass is 19.4. The van der Waals surface area contributed by atoms with Crippen LogP contribution in [-0.4, -0.2) is 52.4 Å². The maximum Gasteiger partial charge on any atom is 0.471 e. The number of pyridine rings is 1. The lowest BCUT2D eigenvalue weighted by Gasteiger charge is -2.37. The maximum atomic E-state index is 13.5. The van der Waals surface area contributed by atoms with E-state index in [1.165, 1.54) is 20.8 Å². The molecule has 1 saturated carbocycles. The number of hydrogen-bond donors (Lipinski definition) is 2. The minimum atomic E-state index is -5.24. The number of rotatable bonds is 5. The molecule has 0 aromatic carbocycles. The van der Waals surface area contributed by atoms with Gasteiger partial charge in [0.15, 0.2) is 0 Å². The molecule has 2 aliphatic rings. The van der Waals surface area contributed by atoms with Gasteiger partial charge in [-0.25, -0.2) is 0 Å². The number of aromatic nitrogens is 1. The predicted octanol–water partition coefficient (Wildman–Crippen LogP) is 3.36. The van der Waals surface area contributed by atoms with Crippen LogP contribution in [0.4, 0.5) is 26.3 Å². The highest BCUT2D eigenvalue weighted by Gasteiger charge is 2.70. The molecule has 14 heteroatoms. The van der Waals surface area contributed by atoms with E-state index in [0.29, 0.717) is 12.3 Å². The average Bonchev–Trinajstić information content (AvgIpc) is 3.12. The van der Waals surface area contributed by atoms with E-state index in [9.17, 15) is 46.0 Å². The first kappa shape index (κ1) is 29.2. The fourth-order valence-electron chi connectivity index (χ4n) is 5.03. The number of carbonyl (C=O) groups excluding carboxylic acids is 3. The molecule has 1 aliphatic heterocycles. The van der Waals surface area contributed by atoms with Gasteiger partial charge in [-0.15, -0.1) is 0 Å². The molecule has 1 aromatic rings. The Labute approximate surface area is 214 Å². The quantitative estimate of drug-likeness (QED) is 0.549. The van der Waals surface area contributed by atoms with Gasteiger partial charge >= 0.3 is 18.3 Å². The van der Waals surface area contributed by atoms with Gasteiger partial charge in [0.25, 0.3) is 0 Å². The van der Waals surface area contributed by atoms with Crippen LogP contribution >= 0.6 is 0 Å². The summed E-state index contributed by atoms with van der Waals surface area (Å²) in [4.78, 5) is 43.1. The lowest BCUT2D eigenvalue weighted by Crippen LogP contribution is -2.60. The molecule has 208 valence electrons. The van der Waals surface area contributed by atoms with Crippen molar-refractivity contribution in [2.75, 3.05) is 6.54 Å². The van der Waals surface area contributed by atoms with Crippen molar-refractivity contribution >= 4 is 17.7 Å². The minimum Gasteiger partial charge on any atom is -0.336 e. The van der Waals surface area contributed by atoms with Gasteiger partial charge < -0.3 is 15.5 Å². The third kappa shape index (κ3) is 5.56. The Bertz CT molecular complexity index is 1170. The molecular weight excluding hydrogens is 520 g/mol. The first-order chi connectivity index (χ1) is 17.2. The highest BCUT2D eigenvalue weighted by Crippen LogP contribution is 2.65. The summed E-state index contributed by atoms with van der Waals surface area (Å²) >= 11 is 0. The normalized spacial score (nSPS) is 24.1. The molecule has 3 rings (SSSR count).